The molecule has 0 atom stereocenters. The quantitative estimate of drug-likeness (QED) is 0.702. The van der Waals surface area contributed by atoms with Gasteiger partial charge in [-0.15, -0.1) is 0 Å². The molecule has 0 heterocycles. The molecule has 59 valence electrons. The topological polar surface area (TPSA) is 9.23 Å². The van der Waals surface area contributed by atoms with Crippen LogP contribution in [0.15, 0.2) is 18.2 Å². The maximum absolute atomic E-state index is 5.16. The Bertz CT molecular complexity index is 223. The van der Waals surface area contributed by atoms with Gasteiger partial charge in [-0.25, -0.2) is 0 Å². The van der Waals surface area contributed by atoms with Crippen LogP contribution in [0.3, 0.4) is 0 Å². The van der Waals surface area contributed by atoms with E-state index in [1.165, 1.54) is 5.56 Å². The molecule has 0 aliphatic carbocycles. The number of halogens is 1. The van der Waals surface area contributed by atoms with Gasteiger partial charge in [0.2, 0.25) is 0 Å². The van der Waals surface area contributed by atoms with Crippen molar-refractivity contribution in [2.75, 3.05) is 12.4 Å². The predicted molar refractivity (Wildman–Crippen MR) is 49.3 cm³/mol. The van der Waals surface area contributed by atoms with Crippen LogP contribution in [0.25, 0.3) is 0 Å². The van der Waals surface area contributed by atoms with Gasteiger partial charge in [0, 0.05) is 5.33 Å². The van der Waals surface area contributed by atoms with Gasteiger partial charge in [-0.2, -0.15) is 0 Å². The van der Waals surface area contributed by atoms with Gasteiger partial charge in [0.15, 0.2) is 0 Å². The number of benzene rings is 1. The minimum atomic E-state index is 0.947. The maximum Gasteiger partial charge on any atom is 0.122 e. The highest BCUT2D eigenvalue weighted by atomic mass is 79.9. The SMILES string of the molecule is COc1cc[c]cc1CCBr. The van der Waals surface area contributed by atoms with E-state index in [2.05, 4.69) is 22.0 Å². The molecule has 1 aromatic carbocycles. The molecule has 1 rings (SSSR count). The lowest BCUT2D eigenvalue weighted by atomic mass is 10.1. The monoisotopic (exact) mass is 213 g/mol. The molecule has 0 N–H and O–H groups in total. The van der Waals surface area contributed by atoms with Gasteiger partial charge in [-0.3, -0.25) is 0 Å². The van der Waals surface area contributed by atoms with Crippen LogP contribution in [0.1, 0.15) is 5.56 Å². The summed E-state index contributed by atoms with van der Waals surface area (Å²) >= 11 is 3.38. The molecular weight excluding hydrogens is 204 g/mol. The summed E-state index contributed by atoms with van der Waals surface area (Å²) in [6.07, 6.45) is 0.987. The van der Waals surface area contributed by atoms with Crippen LogP contribution in [-0.4, -0.2) is 12.4 Å². The van der Waals surface area contributed by atoms with Gasteiger partial charge in [0.25, 0.3) is 0 Å². The summed E-state index contributed by atoms with van der Waals surface area (Å²) in [6.45, 7) is 0. The zero-order valence-corrected chi connectivity index (χ0v) is 8.02. The zero-order chi connectivity index (χ0) is 8.10. The van der Waals surface area contributed by atoms with Gasteiger partial charge in [-0.05, 0) is 30.2 Å². The predicted octanol–water partition coefficient (Wildman–Crippen LogP) is 2.43. The Kier molecular flexibility index (Phi) is 3.43. The number of alkyl halides is 1. The first-order valence-corrected chi connectivity index (χ1v) is 4.59. The molecule has 1 radical (unpaired) electrons. The Labute approximate surface area is 75.5 Å². The van der Waals surface area contributed by atoms with Gasteiger partial charge >= 0.3 is 0 Å². The van der Waals surface area contributed by atoms with E-state index in [4.69, 9.17) is 4.74 Å². The van der Waals surface area contributed by atoms with E-state index in [1.807, 2.05) is 18.2 Å². The van der Waals surface area contributed by atoms with Crippen LogP contribution in [0, 0.1) is 6.07 Å². The smallest absolute Gasteiger partial charge is 0.122 e. The van der Waals surface area contributed by atoms with E-state index >= 15 is 0 Å². The highest BCUT2D eigenvalue weighted by Crippen LogP contribution is 2.17. The Morgan fingerprint density at radius 1 is 1.64 bits per heavy atom. The molecule has 11 heavy (non-hydrogen) atoms. The molecule has 0 unspecified atom stereocenters. The fraction of sp³-hybridized carbons (Fsp3) is 0.333. The second kappa shape index (κ2) is 4.39. The summed E-state index contributed by atoms with van der Waals surface area (Å²) in [5, 5.41) is 0.960. The Morgan fingerprint density at radius 3 is 3.09 bits per heavy atom. The zero-order valence-electron chi connectivity index (χ0n) is 6.43. The molecule has 1 aromatic rings. The van der Waals surface area contributed by atoms with E-state index in [0.29, 0.717) is 0 Å². The lowest BCUT2D eigenvalue weighted by Crippen LogP contribution is -1.91. The molecule has 0 bridgehead atoms. The summed E-state index contributed by atoms with van der Waals surface area (Å²) < 4.78 is 5.16. The van der Waals surface area contributed by atoms with Crippen LogP contribution in [0.2, 0.25) is 0 Å². The standard InChI is InChI=1S/C9H10BrO/c1-11-9-5-3-2-4-8(9)6-7-10/h3-5H,6-7H2,1H3. The highest BCUT2D eigenvalue weighted by Gasteiger charge is 1.98. The van der Waals surface area contributed by atoms with Crippen LogP contribution in [0.5, 0.6) is 5.75 Å². The molecule has 0 aliphatic heterocycles. The van der Waals surface area contributed by atoms with Crippen LogP contribution < -0.4 is 4.74 Å². The van der Waals surface area contributed by atoms with Gasteiger partial charge in [-0.1, -0.05) is 22.0 Å². The summed E-state index contributed by atoms with van der Waals surface area (Å²) in [5.41, 5.74) is 1.20. The first kappa shape index (κ1) is 8.60. The van der Waals surface area contributed by atoms with Crippen LogP contribution in [-0.2, 0) is 6.42 Å². The summed E-state index contributed by atoms with van der Waals surface area (Å²) in [6, 6.07) is 8.76. The third-order valence-corrected chi connectivity index (χ3v) is 1.89. The minimum absolute atomic E-state index is 0.947. The van der Waals surface area contributed by atoms with Crippen molar-refractivity contribution in [3.8, 4) is 5.75 Å². The third-order valence-electron chi connectivity index (χ3n) is 1.49. The second-order valence-electron chi connectivity index (χ2n) is 2.18. The van der Waals surface area contributed by atoms with Crippen molar-refractivity contribution >= 4 is 15.9 Å². The fourth-order valence-electron chi connectivity index (χ4n) is 0.947. The Hall–Kier alpha value is -0.500. The number of hydrogen-bond donors (Lipinski definition) is 0. The summed E-state index contributed by atoms with van der Waals surface area (Å²) in [5.74, 6) is 0.947. The molecule has 1 nitrogen and oxygen atoms in total. The lowest BCUT2D eigenvalue weighted by Gasteiger charge is -2.04. The average Bonchev–Trinajstić information content (AvgIpc) is 2.06. The van der Waals surface area contributed by atoms with E-state index in [-0.39, 0.29) is 0 Å². The second-order valence-corrected chi connectivity index (χ2v) is 2.97. The van der Waals surface area contributed by atoms with Crippen molar-refractivity contribution in [2.45, 2.75) is 6.42 Å². The fourth-order valence-corrected chi connectivity index (χ4v) is 1.37. The molecule has 0 saturated carbocycles. The van der Waals surface area contributed by atoms with Gasteiger partial charge in [0.1, 0.15) is 5.75 Å². The van der Waals surface area contributed by atoms with E-state index in [1.54, 1.807) is 7.11 Å². The van der Waals surface area contributed by atoms with Crippen molar-refractivity contribution in [1.82, 2.24) is 0 Å². The number of methoxy groups -OCH3 is 1. The lowest BCUT2D eigenvalue weighted by molar-refractivity contribution is 0.410. The van der Waals surface area contributed by atoms with E-state index in [0.717, 1.165) is 17.5 Å². The molecule has 0 spiro atoms. The summed E-state index contributed by atoms with van der Waals surface area (Å²) in [7, 11) is 1.69. The first-order valence-electron chi connectivity index (χ1n) is 3.47. The molecule has 2 heteroatoms. The van der Waals surface area contributed by atoms with E-state index < -0.39 is 0 Å². The molecular formula is C9H10BrO. The first-order chi connectivity index (χ1) is 5.38. The van der Waals surface area contributed by atoms with Crippen molar-refractivity contribution in [3.05, 3.63) is 29.8 Å². The Balaban J connectivity index is 2.83. The number of hydrogen-bond acceptors (Lipinski definition) is 1. The molecule has 0 aliphatic rings. The molecule has 0 amide bonds. The molecule has 0 saturated heterocycles. The average molecular weight is 214 g/mol. The third kappa shape index (κ3) is 2.22. The number of aryl methyl sites for hydroxylation is 1. The van der Waals surface area contributed by atoms with Crippen molar-refractivity contribution in [1.29, 1.82) is 0 Å². The maximum atomic E-state index is 5.16. The van der Waals surface area contributed by atoms with Crippen LogP contribution in [0.4, 0.5) is 0 Å². The van der Waals surface area contributed by atoms with Gasteiger partial charge in [0.05, 0.1) is 7.11 Å². The largest absolute Gasteiger partial charge is 0.496 e. The molecule has 0 aromatic heterocycles. The van der Waals surface area contributed by atoms with Crippen molar-refractivity contribution in [3.63, 3.8) is 0 Å². The number of ether oxygens (including phenoxy) is 1. The van der Waals surface area contributed by atoms with Gasteiger partial charge < -0.3 is 4.74 Å². The van der Waals surface area contributed by atoms with Crippen molar-refractivity contribution < 1.29 is 4.74 Å². The minimum Gasteiger partial charge on any atom is -0.496 e. The van der Waals surface area contributed by atoms with E-state index in [9.17, 15) is 0 Å². The van der Waals surface area contributed by atoms with Crippen LogP contribution >= 0.6 is 15.9 Å². The van der Waals surface area contributed by atoms with Crippen molar-refractivity contribution in [2.24, 2.45) is 0 Å². The Morgan fingerprint density at radius 2 is 2.45 bits per heavy atom. The summed E-state index contributed by atoms with van der Waals surface area (Å²) in [4.78, 5) is 0. The number of rotatable bonds is 3. The molecule has 0 fully saturated rings. The highest BCUT2D eigenvalue weighted by molar-refractivity contribution is 9.09. The normalized spacial score (nSPS) is 9.64.